The van der Waals surface area contributed by atoms with Crippen molar-refractivity contribution in [1.82, 2.24) is 9.78 Å². The highest BCUT2D eigenvalue weighted by atomic mass is 19.1. The molecule has 0 aliphatic heterocycles. The predicted octanol–water partition coefficient (Wildman–Crippen LogP) is 2.29. The summed E-state index contributed by atoms with van der Waals surface area (Å²) in [7, 11) is 1.78. The van der Waals surface area contributed by atoms with Gasteiger partial charge in [-0.3, -0.25) is 9.48 Å². The lowest BCUT2D eigenvalue weighted by molar-refractivity contribution is 0.0989. The number of carbonyl (C=O) groups excluding carboxylic acids is 1. The quantitative estimate of drug-likeness (QED) is 0.761. The smallest absolute Gasteiger partial charge is 0.170 e. The lowest BCUT2D eigenvalue weighted by Crippen LogP contribution is -2.05. The molecule has 3 nitrogen and oxygen atoms in total. The van der Waals surface area contributed by atoms with Crippen molar-refractivity contribution in [3.8, 4) is 0 Å². The van der Waals surface area contributed by atoms with Gasteiger partial charge in [0.25, 0.3) is 0 Å². The first-order chi connectivity index (χ1) is 8.06. The molecule has 4 heteroatoms. The molecule has 0 unspecified atom stereocenters. The number of hydrogen-bond donors (Lipinski definition) is 0. The van der Waals surface area contributed by atoms with Crippen LogP contribution in [0.2, 0.25) is 0 Å². The number of halogens is 1. The largest absolute Gasteiger partial charge is 0.294 e. The summed E-state index contributed by atoms with van der Waals surface area (Å²) in [4.78, 5) is 11.9. The summed E-state index contributed by atoms with van der Waals surface area (Å²) in [5.74, 6) is -0.686. The van der Waals surface area contributed by atoms with Crippen molar-refractivity contribution in [2.45, 2.75) is 13.3 Å². The summed E-state index contributed by atoms with van der Waals surface area (Å²) in [6.45, 7) is 1.79. The van der Waals surface area contributed by atoms with E-state index in [1.165, 1.54) is 12.1 Å². The monoisotopic (exact) mass is 232 g/mol. The second kappa shape index (κ2) is 4.49. The molecule has 0 N–H and O–H groups in total. The minimum atomic E-state index is -0.459. The van der Waals surface area contributed by atoms with Gasteiger partial charge in [-0.15, -0.1) is 0 Å². The second-order valence-electron chi connectivity index (χ2n) is 4.11. The average Bonchev–Trinajstić information content (AvgIpc) is 2.63. The highest BCUT2D eigenvalue weighted by Crippen LogP contribution is 2.13. The number of ketones is 1. The number of benzene rings is 1. The zero-order valence-electron chi connectivity index (χ0n) is 9.77. The van der Waals surface area contributed by atoms with Gasteiger partial charge in [-0.1, -0.05) is 6.07 Å². The molecule has 0 saturated carbocycles. The molecule has 17 heavy (non-hydrogen) atoms. The zero-order valence-corrected chi connectivity index (χ0v) is 9.77. The molecule has 0 radical (unpaired) electrons. The van der Waals surface area contributed by atoms with E-state index in [0.29, 0.717) is 0 Å². The van der Waals surface area contributed by atoms with Crippen LogP contribution in [0, 0.1) is 12.7 Å². The van der Waals surface area contributed by atoms with E-state index < -0.39 is 5.82 Å². The van der Waals surface area contributed by atoms with E-state index in [0.717, 1.165) is 11.1 Å². The summed E-state index contributed by atoms with van der Waals surface area (Å²) in [6, 6.07) is 4.64. The van der Waals surface area contributed by atoms with Crippen LogP contribution in [0.1, 0.15) is 21.5 Å². The Labute approximate surface area is 98.9 Å². The van der Waals surface area contributed by atoms with Crippen LogP contribution in [0.15, 0.2) is 30.6 Å². The number of nitrogens with zero attached hydrogens (tertiary/aromatic N) is 2. The van der Waals surface area contributed by atoms with Crippen LogP contribution in [-0.4, -0.2) is 15.6 Å². The summed E-state index contributed by atoms with van der Waals surface area (Å²) in [6.07, 6.45) is 3.54. The van der Waals surface area contributed by atoms with Gasteiger partial charge in [0, 0.05) is 19.7 Å². The fourth-order valence-corrected chi connectivity index (χ4v) is 1.69. The average molecular weight is 232 g/mol. The fourth-order valence-electron chi connectivity index (χ4n) is 1.69. The van der Waals surface area contributed by atoms with Crippen LogP contribution in [0.5, 0.6) is 0 Å². The molecule has 1 heterocycles. The van der Waals surface area contributed by atoms with Crippen LogP contribution in [-0.2, 0) is 13.5 Å². The molecule has 88 valence electrons. The Morgan fingerprint density at radius 1 is 1.47 bits per heavy atom. The van der Waals surface area contributed by atoms with Gasteiger partial charge in [0.15, 0.2) is 5.78 Å². The summed E-state index contributed by atoms with van der Waals surface area (Å²) >= 11 is 0. The minimum absolute atomic E-state index is 0.138. The van der Waals surface area contributed by atoms with Crippen LogP contribution in [0.25, 0.3) is 0 Å². The second-order valence-corrected chi connectivity index (χ2v) is 4.11. The Balaban J connectivity index is 2.20. The minimum Gasteiger partial charge on any atom is -0.294 e. The Morgan fingerprint density at radius 3 is 2.82 bits per heavy atom. The molecule has 1 aromatic carbocycles. The first-order valence-electron chi connectivity index (χ1n) is 5.33. The van der Waals surface area contributed by atoms with E-state index in [1.54, 1.807) is 37.1 Å². The van der Waals surface area contributed by atoms with Crippen LogP contribution < -0.4 is 0 Å². The third-order valence-corrected chi connectivity index (χ3v) is 2.55. The number of Topliss-reactive ketones (excluding diaryl/α,β-unsaturated/α-hetero) is 1. The number of carbonyl (C=O) groups is 1. The zero-order chi connectivity index (χ0) is 12.4. The van der Waals surface area contributed by atoms with Crippen molar-refractivity contribution >= 4 is 5.78 Å². The van der Waals surface area contributed by atoms with Crippen molar-refractivity contribution in [3.63, 3.8) is 0 Å². The first-order valence-corrected chi connectivity index (χ1v) is 5.33. The van der Waals surface area contributed by atoms with Gasteiger partial charge in [-0.05, 0) is 30.2 Å². The SMILES string of the molecule is Cc1ccc(C(=O)Cc2cnn(C)c2)c(F)c1. The highest BCUT2D eigenvalue weighted by molar-refractivity contribution is 5.97. The lowest BCUT2D eigenvalue weighted by Gasteiger charge is -2.02. The molecule has 0 atom stereocenters. The van der Waals surface area contributed by atoms with Crippen LogP contribution in [0.3, 0.4) is 0 Å². The van der Waals surface area contributed by atoms with Crippen molar-refractivity contribution in [3.05, 3.63) is 53.1 Å². The molecule has 0 aliphatic carbocycles. The fraction of sp³-hybridized carbons (Fsp3) is 0.231. The molecular weight excluding hydrogens is 219 g/mol. The van der Waals surface area contributed by atoms with Gasteiger partial charge < -0.3 is 0 Å². The summed E-state index contributed by atoms with van der Waals surface area (Å²) in [5, 5.41) is 3.97. The van der Waals surface area contributed by atoms with Gasteiger partial charge in [-0.2, -0.15) is 5.10 Å². The van der Waals surface area contributed by atoms with E-state index in [4.69, 9.17) is 0 Å². The summed E-state index contributed by atoms with van der Waals surface area (Å²) < 4.78 is 15.2. The third kappa shape index (κ3) is 2.58. The van der Waals surface area contributed by atoms with E-state index in [-0.39, 0.29) is 17.8 Å². The standard InChI is InChI=1S/C13H13FN2O/c1-9-3-4-11(12(14)5-9)13(17)6-10-7-15-16(2)8-10/h3-5,7-8H,6H2,1-2H3. The number of rotatable bonds is 3. The molecule has 0 saturated heterocycles. The van der Waals surface area contributed by atoms with E-state index in [2.05, 4.69) is 5.10 Å². The van der Waals surface area contributed by atoms with Crippen LogP contribution in [0.4, 0.5) is 4.39 Å². The lowest BCUT2D eigenvalue weighted by atomic mass is 10.0. The number of aromatic nitrogens is 2. The molecule has 0 amide bonds. The van der Waals surface area contributed by atoms with Gasteiger partial charge >= 0.3 is 0 Å². The maximum Gasteiger partial charge on any atom is 0.170 e. The number of hydrogen-bond acceptors (Lipinski definition) is 2. The van der Waals surface area contributed by atoms with Crippen molar-refractivity contribution in [2.75, 3.05) is 0 Å². The summed E-state index contributed by atoms with van der Waals surface area (Å²) in [5.41, 5.74) is 1.73. The van der Waals surface area contributed by atoms with Crippen molar-refractivity contribution in [1.29, 1.82) is 0 Å². The molecule has 2 aromatic rings. The van der Waals surface area contributed by atoms with E-state index in [9.17, 15) is 9.18 Å². The topological polar surface area (TPSA) is 34.9 Å². The Hall–Kier alpha value is -1.97. The third-order valence-electron chi connectivity index (χ3n) is 2.55. The van der Waals surface area contributed by atoms with Gasteiger partial charge in [0.2, 0.25) is 0 Å². The normalized spacial score (nSPS) is 10.5. The Bertz CT molecular complexity index is 560. The van der Waals surface area contributed by atoms with Crippen molar-refractivity contribution in [2.24, 2.45) is 7.05 Å². The molecule has 0 spiro atoms. The predicted molar refractivity (Wildman–Crippen MR) is 62.4 cm³/mol. The molecule has 0 aliphatic rings. The van der Waals surface area contributed by atoms with Crippen LogP contribution >= 0.6 is 0 Å². The van der Waals surface area contributed by atoms with E-state index in [1.807, 2.05) is 0 Å². The molecular formula is C13H13FN2O. The maximum atomic E-state index is 13.6. The molecule has 2 rings (SSSR count). The van der Waals surface area contributed by atoms with E-state index >= 15 is 0 Å². The van der Waals surface area contributed by atoms with Crippen molar-refractivity contribution < 1.29 is 9.18 Å². The highest BCUT2D eigenvalue weighted by Gasteiger charge is 2.12. The van der Waals surface area contributed by atoms with Gasteiger partial charge in [0.1, 0.15) is 5.82 Å². The Morgan fingerprint density at radius 2 is 2.24 bits per heavy atom. The Kier molecular flexibility index (Phi) is 3.04. The first kappa shape index (κ1) is 11.5. The van der Waals surface area contributed by atoms with Gasteiger partial charge in [-0.25, -0.2) is 4.39 Å². The molecule has 1 aromatic heterocycles. The maximum absolute atomic E-state index is 13.6. The molecule has 0 bridgehead atoms. The van der Waals surface area contributed by atoms with Gasteiger partial charge in [0.05, 0.1) is 11.8 Å². The molecule has 0 fully saturated rings. The number of aryl methyl sites for hydroxylation is 2.